The monoisotopic (exact) mass is 652 g/mol. The second kappa shape index (κ2) is 11.3. The van der Waals surface area contributed by atoms with Crippen molar-refractivity contribution in [2.24, 2.45) is 0 Å². The summed E-state index contributed by atoms with van der Waals surface area (Å²) in [5, 5.41) is 4.93. The highest BCUT2D eigenvalue weighted by Gasteiger charge is 2.37. The van der Waals surface area contributed by atoms with Gasteiger partial charge in [0.15, 0.2) is 0 Å². The number of hydrogen-bond donors (Lipinski definition) is 0. The maximum Gasteiger partial charge on any atom is 0.0542 e. The van der Waals surface area contributed by atoms with Crippen molar-refractivity contribution in [2.75, 3.05) is 4.90 Å². The number of hydrogen-bond acceptors (Lipinski definition) is 1. The van der Waals surface area contributed by atoms with Crippen molar-refractivity contribution in [1.29, 1.82) is 0 Å². The molecule has 0 aliphatic heterocycles. The number of nitrogens with zero attached hydrogens (tertiary/aromatic N) is 2. The highest BCUT2D eigenvalue weighted by molar-refractivity contribution is 6.10. The van der Waals surface area contributed by atoms with Gasteiger partial charge < -0.3 is 9.47 Å². The Balaban J connectivity index is 1.14. The lowest BCUT2D eigenvalue weighted by Crippen LogP contribution is -2.16. The van der Waals surface area contributed by atoms with Crippen molar-refractivity contribution in [2.45, 2.75) is 19.3 Å². The van der Waals surface area contributed by atoms with Gasteiger partial charge in [-0.25, -0.2) is 0 Å². The molecule has 0 saturated carbocycles. The van der Waals surface area contributed by atoms with E-state index >= 15 is 0 Å². The van der Waals surface area contributed by atoms with Crippen molar-refractivity contribution in [3.63, 3.8) is 0 Å². The molecule has 1 heterocycles. The van der Waals surface area contributed by atoms with Crippen LogP contribution in [0.1, 0.15) is 25.0 Å². The van der Waals surface area contributed by atoms with Gasteiger partial charge in [-0.05, 0) is 105 Å². The zero-order valence-corrected chi connectivity index (χ0v) is 28.7. The Bertz CT molecular complexity index is 2770. The lowest BCUT2D eigenvalue weighted by atomic mass is 9.79. The van der Waals surface area contributed by atoms with Crippen LogP contribution in [0.4, 0.5) is 17.1 Å². The zero-order valence-electron chi connectivity index (χ0n) is 28.7. The largest absolute Gasteiger partial charge is 0.310 e. The summed E-state index contributed by atoms with van der Waals surface area (Å²) in [5.74, 6) is 0. The first kappa shape index (κ1) is 29.5. The lowest BCUT2D eigenvalue weighted by Gasteiger charge is -2.27. The van der Waals surface area contributed by atoms with Gasteiger partial charge in [0.2, 0.25) is 0 Å². The predicted octanol–water partition coefficient (Wildman–Crippen LogP) is 13.4. The van der Waals surface area contributed by atoms with Crippen LogP contribution < -0.4 is 4.90 Å². The molecule has 1 aromatic heterocycles. The van der Waals surface area contributed by atoms with Gasteiger partial charge in [-0.15, -0.1) is 0 Å². The molecule has 51 heavy (non-hydrogen) atoms. The van der Waals surface area contributed by atoms with E-state index in [-0.39, 0.29) is 5.41 Å². The molecule has 0 radical (unpaired) electrons. The van der Waals surface area contributed by atoms with Gasteiger partial charge in [-0.3, -0.25) is 0 Å². The molecule has 1 aliphatic rings. The Morgan fingerprint density at radius 1 is 0.431 bits per heavy atom. The van der Waals surface area contributed by atoms with Crippen molar-refractivity contribution in [3.05, 3.63) is 193 Å². The van der Waals surface area contributed by atoms with Crippen LogP contribution in [-0.2, 0) is 5.41 Å². The fourth-order valence-electron chi connectivity index (χ4n) is 8.60. The maximum absolute atomic E-state index is 2.40. The molecule has 8 aromatic carbocycles. The van der Waals surface area contributed by atoms with Crippen molar-refractivity contribution >= 4 is 49.6 Å². The van der Waals surface area contributed by atoms with E-state index in [9.17, 15) is 0 Å². The molecule has 9 aromatic rings. The molecular weight excluding hydrogens is 617 g/mol. The van der Waals surface area contributed by atoms with Crippen LogP contribution in [0.2, 0.25) is 0 Å². The summed E-state index contributed by atoms with van der Waals surface area (Å²) < 4.78 is 2.38. The summed E-state index contributed by atoms with van der Waals surface area (Å²) in [6, 6.07) is 66.6. The smallest absolute Gasteiger partial charge is 0.0542 e. The molecule has 0 spiro atoms. The van der Waals surface area contributed by atoms with Crippen LogP contribution in [0.5, 0.6) is 0 Å². The molecule has 0 atom stereocenters. The van der Waals surface area contributed by atoms with E-state index in [1.165, 1.54) is 66.0 Å². The summed E-state index contributed by atoms with van der Waals surface area (Å²) in [7, 11) is 0. The highest BCUT2D eigenvalue weighted by Crippen LogP contribution is 2.52. The molecule has 2 nitrogen and oxygen atoms in total. The normalized spacial score (nSPS) is 13.1. The second-order valence-electron chi connectivity index (χ2n) is 14.2. The lowest BCUT2D eigenvalue weighted by molar-refractivity contribution is 0.662. The molecule has 0 amide bonds. The molecule has 2 heteroatoms. The van der Waals surface area contributed by atoms with Crippen LogP contribution in [0, 0.1) is 0 Å². The molecular formula is C49H36N2. The van der Waals surface area contributed by atoms with E-state index in [1.54, 1.807) is 0 Å². The number of benzene rings is 8. The third kappa shape index (κ3) is 4.57. The van der Waals surface area contributed by atoms with Gasteiger partial charge in [0.1, 0.15) is 0 Å². The first-order valence-corrected chi connectivity index (χ1v) is 17.8. The van der Waals surface area contributed by atoms with Crippen LogP contribution >= 0.6 is 0 Å². The molecule has 0 unspecified atom stereocenters. The van der Waals surface area contributed by atoms with E-state index < -0.39 is 0 Å². The van der Waals surface area contributed by atoms with Gasteiger partial charge in [-0.2, -0.15) is 0 Å². The van der Waals surface area contributed by atoms with Crippen LogP contribution in [0.15, 0.2) is 182 Å². The van der Waals surface area contributed by atoms with E-state index in [2.05, 4.69) is 205 Å². The minimum atomic E-state index is -0.0767. The molecule has 10 rings (SSSR count). The number of aromatic nitrogens is 1. The Labute approximate surface area is 298 Å². The van der Waals surface area contributed by atoms with E-state index in [0.29, 0.717) is 0 Å². The maximum atomic E-state index is 2.40. The van der Waals surface area contributed by atoms with E-state index in [1.807, 2.05) is 0 Å². The first-order valence-electron chi connectivity index (χ1n) is 17.8. The van der Waals surface area contributed by atoms with Crippen molar-refractivity contribution in [3.8, 4) is 27.9 Å². The summed E-state index contributed by atoms with van der Waals surface area (Å²) in [4.78, 5) is 2.40. The fraction of sp³-hybridized carbons (Fsp3) is 0.0612. The Hall–Kier alpha value is -6.38. The first-order chi connectivity index (χ1) is 25.1. The van der Waals surface area contributed by atoms with Crippen molar-refractivity contribution in [1.82, 2.24) is 4.57 Å². The highest BCUT2D eigenvalue weighted by atomic mass is 15.1. The quantitative estimate of drug-likeness (QED) is 0.180. The van der Waals surface area contributed by atoms with Gasteiger partial charge in [0.05, 0.1) is 11.0 Å². The van der Waals surface area contributed by atoms with Gasteiger partial charge in [0, 0.05) is 38.9 Å². The van der Waals surface area contributed by atoms with Gasteiger partial charge in [0.25, 0.3) is 0 Å². The van der Waals surface area contributed by atoms with E-state index in [4.69, 9.17) is 0 Å². The molecule has 0 bridgehead atoms. The molecule has 1 aliphatic carbocycles. The molecule has 0 saturated heterocycles. The minimum absolute atomic E-state index is 0.0767. The Kier molecular flexibility index (Phi) is 6.56. The number of rotatable bonds is 5. The number of anilines is 3. The van der Waals surface area contributed by atoms with Crippen LogP contribution in [-0.4, -0.2) is 4.57 Å². The van der Waals surface area contributed by atoms with Gasteiger partial charge >= 0.3 is 0 Å². The van der Waals surface area contributed by atoms with Crippen LogP contribution in [0.3, 0.4) is 0 Å². The van der Waals surface area contributed by atoms with Crippen LogP contribution in [0.25, 0.3) is 60.5 Å². The molecule has 0 fully saturated rings. The summed E-state index contributed by atoms with van der Waals surface area (Å²) in [5.41, 5.74) is 14.9. The van der Waals surface area contributed by atoms with E-state index in [0.717, 1.165) is 22.7 Å². The summed E-state index contributed by atoms with van der Waals surface area (Å²) in [6.07, 6.45) is 0. The topological polar surface area (TPSA) is 8.17 Å². The summed E-state index contributed by atoms with van der Waals surface area (Å²) in [6.45, 7) is 4.73. The van der Waals surface area contributed by atoms with Gasteiger partial charge in [-0.1, -0.05) is 135 Å². The van der Waals surface area contributed by atoms with Crippen molar-refractivity contribution < 1.29 is 0 Å². The Morgan fingerprint density at radius 2 is 1.06 bits per heavy atom. The average molecular weight is 653 g/mol. The predicted molar refractivity (Wildman–Crippen MR) is 216 cm³/mol. The standard InChI is InChI=1S/C49H36N2/c1-49(2)45-21-10-8-17-41(45)43-20-12-19-40(48(43)49)34-24-26-37(27-25-34)50(38-28-23-33-13-6-7-14-35(33)31-38)39-29-30-47-44(32-39)42-18-9-11-22-46(42)51(47)36-15-4-3-5-16-36/h3-32H,1-2H3. The fourth-order valence-corrected chi connectivity index (χ4v) is 8.60. The molecule has 242 valence electrons. The molecule has 0 N–H and O–H groups in total. The second-order valence-corrected chi connectivity index (χ2v) is 14.2. The zero-order chi connectivity index (χ0) is 34.1. The Morgan fingerprint density at radius 3 is 1.92 bits per heavy atom. The number of fused-ring (bicyclic) bond motifs is 7. The SMILES string of the molecule is CC1(C)c2ccccc2-c2cccc(-c3ccc(N(c4ccc5ccccc5c4)c4ccc5c(c4)c4ccccc4n5-c4ccccc4)cc3)c21. The summed E-state index contributed by atoms with van der Waals surface area (Å²) >= 11 is 0. The third-order valence-electron chi connectivity index (χ3n) is 10.9. The third-order valence-corrected chi connectivity index (χ3v) is 10.9. The minimum Gasteiger partial charge on any atom is -0.310 e. The number of para-hydroxylation sites is 2. The average Bonchev–Trinajstić information content (AvgIpc) is 3.64.